The third kappa shape index (κ3) is 6.16. The Hall–Kier alpha value is -0.430. The molecule has 0 aliphatic heterocycles. The van der Waals surface area contributed by atoms with E-state index >= 15 is 0 Å². The Morgan fingerprint density at radius 3 is 3.00 bits per heavy atom. The van der Waals surface area contributed by atoms with Crippen molar-refractivity contribution in [2.45, 2.75) is 32.0 Å². The van der Waals surface area contributed by atoms with E-state index in [0.717, 1.165) is 17.6 Å². The van der Waals surface area contributed by atoms with Gasteiger partial charge in [0.05, 0.1) is 29.9 Å². The molecule has 1 rings (SSSR count). The molecule has 0 aromatic carbocycles. The first-order valence-electron chi connectivity index (χ1n) is 5.70. The summed E-state index contributed by atoms with van der Waals surface area (Å²) in [5.41, 5.74) is 0. The van der Waals surface area contributed by atoms with E-state index in [0.29, 0.717) is 19.1 Å². The van der Waals surface area contributed by atoms with Gasteiger partial charge in [-0.15, -0.1) is 0 Å². The molecular weight excluding hydrogens is 286 g/mol. The Morgan fingerprint density at radius 1 is 1.65 bits per heavy atom. The molecule has 2 unspecified atom stereocenters. The molecule has 98 valence electrons. The van der Waals surface area contributed by atoms with Crippen molar-refractivity contribution in [3.05, 3.63) is 16.9 Å². The van der Waals surface area contributed by atoms with Crippen molar-refractivity contribution in [3.8, 4) is 0 Å². The average Bonchev–Trinajstić information content (AvgIpc) is 2.64. The van der Waals surface area contributed by atoms with Gasteiger partial charge in [0.1, 0.15) is 0 Å². The summed E-state index contributed by atoms with van der Waals surface area (Å²) in [6, 6.07) is 0.316. The summed E-state index contributed by atoms with van der Waals surface area (Å²) in [5, 5.41) is 17.0. The van der Waals surface area contributed by atoms with Gasteiger partial charge in [0.25, 0.3) is 0 Å². The highest BCUT2D eigenvalue weighted by Crippen LogP contribution is 2.06. The first-order valence-corrected chi connectivity index (χ1v) is 6.49. The number of hydrogen-bond acceptors (Lipinski definition) is 4. The van der Waals surface area contributed by atoms with Crippen molar-refractivity contribution in [2.75, 3.05) is 20.3 Å². The van der Waals surface area contributed by atoms with Crippen LogP contribution in [0, 0.1) is 0 Å². The number of hydrogen-bond donors (Lipinski definition) is 2. The normalized spacial score (nSPS) is 14.8. The van der Waals surface area contributed by atoms with E-state index in [1.165, 1.54) is 0 Å². The molecule has 0 saturated carbocycles. The number of nitrogens with zero attached hydrogens (tertiary/aromatic N) is 2. The predicted octanol–water partition coefficient (Wildman–Crippen LogP) is 1.02. The van der Waals surface area contributed by atoms with Crippen molar-refractivity contribution < 1.29 is 9.84 Å². The standard InChI is InChI=1S/C11H20BrN3O2/c1-9(6-15-7-10(12)5-14-15)13-4-3-11(16)8-17-2/h5,7,9,11,13,16H,3-4,6,8H2,1-2H3. The first kappa shape index (κ1) is 14.6. The topological polar surface area (TPSA) is 59.3 Å². The van der Waals surface area contributed by atoms with Gasteiger partial charge in [-0.1, -0.05) is 0 Å². The van der Waals surface area contributed by atoms with Crippen molar-refractivity contribution in [2.24, 2.45) is 0 Å². The monoisotopic (exact) mass is 305 g/mol. The summed E-state index contributed by atoms with van der Waals surface area (Å²) in [5.74, 6) is 0. The molecule has 6 heteroatoms. The summed E-state index contributed by atoms with van der Waals surface area (Å²) >= 11 is 3.36. The Morgan fingerprint density at radius 2 is 2.41 bits per heavy atom. The number of nitrogens with one attached hydrogen (secondary N) is 1. The van der Waals surface area contributed by atoms with E-state index < -0.39 is 6.10 Å². The lowest BCUT2D eigenvalue weighted by Gasteiger charge is -2.15. The van der Waals surface area contributed by atoms with Gasteiger partial charge in [-0.2, -0.15) is 5.10 Å². The second kappa shape index (κ2) is 7.81. The van der Waals surface area contributed by atoms with E-state index in [4.69, 9.17) is 4.74 Å². The lowest BCUT2D eigenvalue weighted by atomic mass is 10.2. The van der Waals surface area contributed by atoms with Crippen molar-refractivity contribution in [3.63, 3.8) is 0 Å². The maximum Gasteiger partial charge on any atom is 0.0785 e. The third-order valence-electron chi connectivity index (χ3n) is 2.39. The van der Waals surface area contributed by atoms with Gasteiger partial charge in [-0.3, -0.25) is 4.68 Å². The molecule has 1 aromatic heterocycles. The number of methoxy groups -OCH3 is 1. The van der Waals surface area contributed by atoms with Gasteiger partial charge in [0, 0.05) is 19.3 Å². The fourth-order valence-corrected chi connectivity index (χ4v) is 1.88. The molecule has 0 amide bonds. The van der Waals surface area contributed by atoms with Crippen LogP contribution >= 0.6 is 15.9 Å². The van der Waals surface area contributed by atoms with E-state index in [1.54, 1.807) is 13.3 Å². The van der Waals surface area contributed by atoms with Crippen molar-refractivity contribution >= 4 is 15.9 Å². The zero-order chi connectivity index (χ0) is 12.7. The lowest BCUT2D eigenvalue weighted by Crippen LogP contribution is -2.33. The van der Waals surface area contributed by atoms with E-state index in [2.05, 4.69) is 33.3 Å². The van der Waals surface area contributed by atoms with E-state index in [1.807, 2.05) is 10.9 Å². The van der Waals surface area contributed by atoms with Crippen LogP contribution in [-0.2, 0) is 11.3 Å². The van der Waals surface area contributed by atoms with Gasteiger partial charge in [-0.05, 0) is 35.8 Å². The van der Waals surface area contributed by atoms with Crippen molar-refractivity contribution in [1.82, 2.24) is 15.1 Å². The van der Waals surface area contributed by atoms with Crippen LogP contribution in [0.25, 0.3) is 0 Å². The zero-order valence-electron chi connectivity index (χ0n) is 10.3. The summed E-state index contributed by atoms with van der Waals surface area (Å²) < 4.78 is 7.73. The number of aliphatic hydroxyl groups is 1. The summed E-state index contributed by atoms with van der Waals surface area (Å²) in [4.78, 5) is 0. The van der Waals surface area contributed by atoms with Crippen LogP contribution < -0.4 is 5.32 Å². The minimum atomic E-state index is -0.390. The summed E-state index contributed by atoms with van der Waals surface area (Å²) in [7, 11) is 1.59. The van der Waals surface area contributed by atoms with Gasteiger partial charge in [0.15, 0.2) is 0 Å². The molecule has 5 nitrogen and oxygen atoms in total. The average molecular weight is 306 g/mol. The second-order valence-corrected chi connectivity index (χ2v) is 5.05. The molecule has 2 N–H and O–H groups in total. The van der Waals surface area contributed by atoms with Crippen LogP contribution in [-0.4, -0.2) is 47.3 Å². The minimum Gasteiger partial charge on any atom is -0.391 e. The molecule has 17 heavy (non-hydrogen) atoms. The molecule has 0 spiro atoms. The maximum absolute atomic E-state index is 9.47. The third-order valence-corrected chi connectivity index (χ3v) is 2.80. The molecule has 2 atom stereocenters. The van der Waals surface area contributed by atoms with Crippen LogP contribution in [0.2, 0.25) is 0 Å². The highest BCUT2D eigenvalue weighted by molar-refractivity contribution is 9.10. The molecule has 0 bridgehead atoms. The smallest absolute Gasteiger partial charge is 0.0785 e. The number of halogens is 1. The Kier molecular flexibility index (Phi) is 6.72. The summed E-state index contributed by atoms with van der Waals surface area (Å²) in [6.07, 6.45) is 4.02. The van der Waals surface area contributed by atoms with Crippen LogP contribution in [0.3, 0.4) is 0 Å². The maximum atomic E-state index is 9.47. The summed E-state index contributed by atoms with van der Waals surface area (Å²) in [6.45, 7) is 4.07. The van der Waals surface area contributed by atoms with E-state index in [-0.39, 0.29) is 0 Å². The molecule has 1 heterocycles. The predicted molar refractivity (Wildman–Crippen MR) is 69.9 cm³/mol. The molecule has 1 aromatic rings. The van der Waals surface area contributed by atoms with Crippen LogP contribution in [0.1, 0.15) is 13.3 Å². The largest absolute Gasteiger partial charge is 0.391 e. The Balaban J connectivity index is 2.15. The van der Waals surface area contributed by atoms with Crippen LogP contribution in [0.4, 0.5) is 0 Å². The fraction of sp³-hybridized carbons (Fsp3) is 0.727. The Labute approximate surface area is 110 Å². The first-order chi connectivity index (χ1) is 8.11. The van der Waals surface area contributed by atoms with E-state index in [9.17, 15) is 5.11 Å². The number of ether oxygens (including phenoxy) is 1. The number of aromatic nitrogens is 2. The highest BCUT2D eigenvalue weighted by Gasteiger charge is 2.06. The van der Waals surface area contributed by atoms with Gasteiger partial charge in [0.2, 0.25) is 0 Å². The SMILES string of the molecule is COCC(O)CCNC(C)Cn1cc(Br)cn1. The highest BCUT2D eigenvalue weighted by atomic mass is 79.9. The lowest BCUT2D eigenvalue weighted by molar-refractivity contribution is 0.0589. The molecule has 0 aliphatic rings. The minimum absolute atomic E-state index is 0.316. The fourth-order valence-electron chi connectivity index (χ4n) is 1.56. The number of aliphatic hydroxyl groups excluding tert-OH is 1. The van der Waals surface area contributed by atoms with Gasteiger partial charge >= 0.3 is 0 Å². The quantitative estimate of drug-likeness (QED) is 0.753. The molecule has 0 saturated heterocycles. The molecule has 0 aliphatic carbocycles. The Bertz CT molecular complexity index is 319. The van der Waals surface area contributed by atoms with Gasteiger partial charge < -0.3 is 15.2 Å². The van der Waals surface area contributed by atoms with Gasteiger partial charge in [-0.25, -0.2) is 0 Å². The van der Waals surface area contributed by atoms with Crippen LogP contribution in [0.15, 0.2) is 16.9 Å². The number of rotatable bonds is 8. The zero-order valence-corrected chi connectivity index (χ0v) is 11.9. The second-order valence-electron chi connectivity index (χ2n) is 4.13. The van der Waals surface area contributed by atoms with Crippen molar-refractivity contribution in [1.29, 1.82) is 0 Å². The molecule has 0 fully saturated rings. The molecule has 0 radical (unpaired) electrons. The molecular formula is C11H20BrN3O2. The van der Waals surface area contributed by atoms with Crippen LogP contribution in [0.5, 0.6) is 0 Å².